The Labute approximate surface area is 133 Å². The van der Waals surface area contributed by atoms with Crippen LogP contribution in [0.1, 0.15) is 45.8 Å². The zero-order chi connectivity index (χ0) is 16.8. The van der Waals surface area contributed by atoms with Crippen molar-refractivity contribution in [2.45, 2.75) is 51.9 Å². The molecule has 0 aromatic heterocycles. The minimum atomic E-state index is -0.263. The first-order valence-electron chi connectivity index (χ1n) is 7.53. The molecule has 1 aromatic carbocycles. The van der Waals surface area contributed by atoms with Crippen LogP contribution < -0.4 is 10.6 Å². The molecule has 0 unspecified atom stereocenters. The number of urea groups is 1. The maximum atomic E-state index is 12.1. The number of benzene rings is 1. The van der Waals surface area contributed by atoms with E-state index < -0.39 is 0 Å². The highest BCUT2D eigenvalue weighted by atomic mass is 16.5. The van der Waals surface area contributed by atoms with Gasteiger partial charge in [0.25, 0.3) is 0 Å². The Morgan fingerprint density at radius 3 is 2.55 bits per heavy atom. The van der Waals surface area contributed by atoms with Crippen molar-refractivity contribution in [2.24, 2.45) is 0 Å². The molecule has 1 aromatic rings. The average molecular weight is 308 g/mol. The standard InChI is InChI=1S/C17H28N2O3/c1-12(11-17(3,4)22-6)18-16(20)19-15-9-7-8-14(10-15)13(2)21-5/h7-10,12-13H,11H2,1-6H3,(H2,18,19,20)/t12-,13+/m1/s1. The highest BCUT2D eigenvalue weighted by molar-refractivity contribution is 5.89. The SMILES string of the molecule is CO[C@@H](C)c1cccc(NC(=O)N[C@H](C)CC(C)(C)OC)c1. The number of carbonyl (C=O) groups is 1. The van der Waals surface area contributed by atoms with Crippen molar-refractivity contribution in [2.75, 3.05) is 19.5 Å². The van der Waals surface area contributed by atoms with Crippen LogP contribution in [-0.2, 0) is 9.47 Å². The van der Waals surface area contributed by atoms with Crippen LogP contribution in [0.15, 0.2) is 24.3 Å². The Morgan fingerprint density at radius 2 is 1.95 bits per heavy atom. The number of rotatable bonds is 7. The van der Waals surface area contributed by atoms with Crippen LogP contribution in [0.3, 0.4) is 0 Å². The summed E-state index contributed by atoms with van der Waals surface area (Å²) in [7, 11) is 3.34. The highest BCUT2D eigenvalue weighted by Gasteiger charge is 2.21. The van der Waals surface area contributed by atoms with Gasteiger partial charge in [0, 0.05) is 25.9 Å². The molecule has 5 nitrogen and oxygen atoms in total. The molecule has 0 aliphatic heterocycles. The monoisotopic (exact) mass is 308 g/mol. The molecule has 0 radical (unpaired) electrons. The van der Waals surface area contributed by atoms with Crippen LogP contribution in [0.5, 0.6) is 0 Å². The lowest BCUT2D eigenvalue weighted by Crippen LogP contribution is -2.40. The normalized spacial score (nSPS) is 14.3. The lowest BCUT2D eigenvalue weighted by molar-refractivity contribution is 0.00963. The van der Waals surface area contributed by atoms with E-state index >= 15 is 0 Å². The van der Waals surface area contributed by atoms with Gasteiger partial charge in [-0.25, -0.2) is 4.79 Å². The Balaban J connectivity index is 2.58. The summed E-state index contributed by atoms with van der Waals surface area (Å²) >= 11 is 0. The number of anilines is 1. The molecule has 0 aliphatic rings. The van der Waals surface area contributed by atoms with E-state index in [9.17, 15) is 4.79 Å². The van der Waals surface area contributed by atoms with Gasteiger partial charge in [-0.2, -0.15) is 0 Å². The molecule has 2 amide bonds. The molecule has 0 saturated heterocycles. The van der Waals surface area contributed by atoms with Gasteiger partial charge in [0.2, 0.25) is 0 Å². The molecule has 0 bridgehead atoms. The van der Waals surface area contributed by atoms with E-state index in [1.54, 1.807) is 14.2 Å². The number of nitrogens with one attached hydrogen (secondary N) is 2. The van der Waals surface area contributed by atoms with Crippen molar-refractivity contribution in [3.63, 3.8) is 0 Å². The van der Waals surface area contributed by atoms with Crippen molar-refractivity contribution >= 4 is 11.7 Å². The maximum Gasteiger partial charge on any atom is 0.319 e. The van der Waals surface area contributed by atoms with Gasteiger partial charge in [-0.05, 0) is 51.8 Å². The topological polar surface area (TPSA) is 59.6 Å². The molecule has 5 heteroatoms. The molecular formula is C17H28N2O3. The summed E-state index contributed by atoms with van der Waals surface area (Å²) in [6.45, 7) is 7.93. The summed E-state index contributed by atoms with van der Waals surface area (Å²) < 4.78 is 10.7. The van der Waals surface area contributed by atoms with Crippen LogP contribution >= 0.6 is 0 Å². The molecule has 22 heavy (non-hydrogen) atoms. The lowest BCUT2D eigenvalue weighted by atomic mass is 10.00. The number of amides is 2. The van der Waals surface area contributed by atoms with Crippen molar-refractivity contribution in [3.8, 4) is 0 Å². The third kappa shape index (κ3) is 6.03. The summed E-state index contributed by atoms with van der Waals surface area (Å²) in [4.78, 5) is 12.1. The fourth-order valence-corrected chi connectivity index (χ4v) is 2.27. The first kappa shape index (κ1) is 18.5. The zero-order valence-corrected chi connectivity index (χ0v) is 14.4. The highest BCUT2D eigenvalue weighted by Crippen LogP contribution is 2.20. The van der Waals surface area contributed by atoms with Crippen LogP contribution in [0.4, 0.5) is 10.5 Å². The van der Waals surface area contributed by atoms with E-state index in [0.717, 1.165) is 17.7 Å². The number of ether oxygens (including phenoxy) is 2. The summed E-state index contributed by atoms with van der Waals surface area (Å²) in [6.07, 6.45) is 0.726. The summed E-state index contributed by atoms with van der Waals surface area (Å²) in [5.41, 5.74) is 1.51. The first-order valence-corrected chi connectivity index (χ1v) is 7.53. The third-order valence-corrected chi connectivity index (χ3v) is 3.70. The van der Waals surface area contributed by atoms with E-state index in [1.807, 2.05) is 52.0 Å². The third-order valence-electron chi connectivity index (χ3n) is 3.70. The first-order chi connectivity index (χ1) is 10.3. The summed E-state index contributed by atoms with van der Waals surface area (Å²) in [5.74, 6) is 0. The fourth-order valence-electron chi connectivity index (χ4n) is 2.27. The van der Waals surface area contributed by atoms with E-state index in [1.165, 1.54) is 0 Å². The zero-order valence-electron chi connectivity index (χ0n) is 14.4. The smallest absolute Gasteiger partial charge is 0.319 e. The second-order valence-electron chi connectivity index (χ2n) is 6.17. The van der Waals surface area contributed by atoms with Gasteiger partial charge < -0.3 is 20.1 Å². The Morgan fingerprint density at radius 1 is 1.27 bits per heavy atom. The maximum absolute atomic E-state index is 12.1. The summed E-state index contributed by atoms with van der Waals surface area (Å²) in [6, 6.07) is 7.43. The van der Waals surface area contributed by atoms with Crippen molar-refractivity contribution in [1.29, 1.82) is 0 Å². The fraction of sp³-hybridized carbons (Fsp3) is 0.588. The number of hydrogen-bond donors (Lipinski definition) is 2. The van der Waals surface area contributed by atoms with Gasteiger partial charge in [0.15, 0.2) is 0 Å². The largest absolute Gasteiger partial charge is 0.379 e. The minimum Gasteiger partial charge on any atom is -0.379 e. The Bertz CT molecular complexity index is 489. The molecule has 0 aliphatic carbocycles. The molecule has 0 saturated carbocycles. The molecule has 0 spiro atoms. The minimum absolute atomic E-state index is 0.00811. The van der Waals surface area contributed by atoms with Crippen LogP contribution in [0.2, 0.25) is 0 Å². The molecule has 0 heterocycles. The van der Waals surface area contributed by atoms with Gasteiger partial charge in [0.05, 0.1) is 11.7 Å². The van der Waals surface area contributed by atoms with Crippen molar-refractivity contribution < 1.29 is 14.3 Å². The van der Waals surface area contributed by atoms with Crippen molar-refractivity contribution in [3.05, 3.63) is 29.8 Å². The van der Waals surface area contributed by atoms with Crippen molar-refractivity contribution in [1.82, 2.24) is 5.32 Å². The average Bonchev–Trinajstić information content (AvgIpc) is 2.45. The van der Waals surface area contributed by atoms with Gasteiger partial charge in [-0.15, -0.1) is 0 Å². The molecule has 0 fully saturated rings. The quantitative estimate of drug-likeness (QED) is 0.807. The van der Waals surface area contributed by atoms with Crippen LogP contribution in [-0.4, -0.2) is 31.9 Å². The molecular weight excluding hydrogens is 280 g/mol. The van der Waals surface area contributed by atoms with Gasteiger partial charge in [-0.1, -0.05) is 12.1 Å². The molecule has 124 valence electrons. The predicted molar refractivity (Wildman–Crippen MR) is 89.2 cm³/mol. The number of hydrogen-bond acceptors (Lipinski definition) is 3. The molecule has 2 N–H and O–H groups in total. The van der Waals surface area contributed by atoms with E-state index in [4.69, 9.17) is 9.47 Å². The van der Waals surface area contributed by atoms with Gasteiger partial charge >= 0.3 is 6.03 Å². The second kappa shape index (κ2) is 8.15. The lowest BCUT2D eigenvalue weighted by Gasteiger charge is -2.27. The number of carbonyl (C=O) groups excluding carboxylic acids is 1. The second-order valence-corrected chi connectivity index (χ2v) is 6.17. The number of methoxy groups -OCH3 is 2. The summed E-state index contributed by atoms with van der Waals surface area (Å²) in [5, 5.41) is 5.77. The van der Waals surface area contributed by atoms with Crippen LogP contribution in [0.25, 0.3) is 0 Å². The van der Waals surface area contributed by atoms with E-state index in [0.29, 0.717) is 0 Å². The van der Waals surface area contributed by atoms with E-state index in [-0.39, 0.29) is 23.8 Å². The Kier molecular flexibility index (Phi) is 6.84. The van der Waals surface area contributed by atoms with Crippen LogP contribution in [0, 0.1) is 0 Å². The van der Waals surface area contributed by atoms with Gasteiger partial charge in [-0.3, -0.25) is 0 Å². The van der Waals surface area contributed by atoms with Gasteiger partial charge in [0.1, 0.15) is 0 Å². The molecule has 1 rings (SSSR count). The Hall–Kier alpha value is -1.59. The molecule has 2 atom stereocenters. The predicted octanol–water partition coefficient (Wildman–Crippen LogP) is 3.72. The van der Waals surface area contributed by atoms with E-state index in [2.05, 4.69) is 10.6 Å².